The summed E-state index contributed by atoms with van der Waals surface area (Å²) in [5.41, 5.74) is 16.5. The average Bonchev–Trinajstić information content (AvgIpc) is 3.57. The minimum Gasteiger partial charge on any atom is -0.612 e. The molecule has 0 saturated carbocycles. The standard InChI is InChI=1S/C37H61N9O6S/c1-27(2)21-32(42-46(50)33(23-29-15-9-6-10-16-29)41-34(47)30(39)22-28-13-7-5-8-14-28)35(48)40-31(17-11-12-19-38)36(49)44-24-37(25-44)18-20-45(26-37)53(51,52)43(3)4/h5-7,9-10,13,15-16,27,30-33,42,46H,8,11-12,14,17-26,38-39H2,1-4H3,(H,40,48)(H,41,47)/t30-,31-,32-,33+/m1/s1. The summed E-state index contributed by atoms with van der Waals surface area (Å²) in [7, 11) is -0.545. The number of unbranched alkanes of at least 4 members (excludes halogenated alkanes) is 1. The van der Waals surface area contributed by atoms with Crippen molar-refractivity contribution in [3.63, 3.8) is 0 Å². The van der Waals surface area contributed by atoms with Gasteiger partial charge < -0.3 is 32.2 Å². The van der Waals surface area contributed by atoms with E-state index in [1.165, 1.54) is 22.7 Å². The van der Waals surface area contributed by atoms with Gasteiger partial charge in [-0.1, -0.05) is 68.0 Å². The Labute approximate surface area is 315 Å². The maximum Gasteiger partial charge on any atom is 0.281 e. The second-order valence-electron chi connectivity index (χ2n) is 15.5. The molecule has 1 unspecified atom stereocenters. The summed E-state index contributed by atoms with van der Waals surface area (Å²) in [6.45, 7) is 5.85. The third-order valence-corrected chi connectivity index (χ3v) is 12.2. The fourth-order valence-electron chi connectivity index (χ4n) is 7.25. The highest BCUT2D eigenvalue weighted by Crippen LogP contribution is 2.41. The van der Waals surface area contributed by atoms with Gasteiger partial charge in [-0.2, -0.15) is 22.5 Å². The number of nitrogens with zero attached hydrogens (tertiary/aromatic N) is 3. The smallest absolute Gasteiger partial charge is 0.281 e. The van der Waals surface area contributed by atoms with Gasteiger partial charge in [-0.25, -0.2) is 0 Å². The number of hydrogen-bond donors (Lipinski definition) is 6. The summed E-state index contributed by atoms with van der Waals surface area (Å²) in [6.07, 6.45) is 9.86. The maximum atomic E-state index is 14.0. The molecule has 0 radical (unpaired) electrons. The molecule has 2 saturated heterocycles. The number of rotatable bonds is 20. The van der Waals surface area contributed by atoms with Gasteiger partial charge in [0.05, 0.1) is 6.04 Å². The van der Waals surface area contributed by atoms with E-state index in [2.05, 4.69) is 22.1 Å². The number of quaternary nitrogens is 1. The first-order valence-corrected chi connectivity index (χ1v) is 20.3. The Morgan fingerprint density at radius 1 is 1.02 bits per heavy atom. The Kier molecular flexibility index (Phi) is 15.6. The van der Waals surface area contributed by atoms with Crippen molar-refractivity contribution in [1.29, 1.82) is 0 Å². The minimum absolute atomic E-state index is 0.0184. The number of hydroxylamine groups is 1. The third-order valence-electron chi connectivity index (χ3n) is 10.3. The number of carbonyl (C=O) groups excluding carboxylic acids is 3. The summed E-state index contributed by atoms with van der Waals surface area (Å²) in [5.74, 6) is -1.17. The number of nitrogens with one attached hydrogen (secondary N) is 4. The number of carbonyl (C=O) groups is 3. The molecule has 53 heavy (non-hydrogen) atoms. The molecular weight excluding hydrogens is 699 g/mol. The highest BCUT2D eigenvalue weighted by atomic mass is 32.2. The molecule has 16 heteroatoms. The largest absolute Gasteiger partial charge is 0.612 e. The van der Waals surface area contributed by atoms with Crippen LogP contribution in [0, 0.1) is 16.5 Å². The fraction of sp³-hybridized carbons (Fsp3) is 0.649. The van der Waals surface area contributed by atoms with Gasteiger partial charge in [0.2, 0.25) is 17.7 Å². The molecule has 1 spiro atoms. The summed E-state index contributed by atoms with van der Waals surface area (Å²) < 4.78 is 28.1. The van der Waals surface area contributed by atoms with E-state index < -0.39 is 51.5 Å². The van der Waals surface area contributed by atoms with Crippen LogP contribution in [0.4, 0.5) is 0 Å². The summed E-state index contributed by atoms with van der Waals surface area (Å²) in [5, 5.41) is 19.2. The SMILES string of the molecule is CC(C)C[C@@H](N[NH+]([O-])[C@@H](Cc1ccccc1)NC(=O)[C@H](N)CC1=CC=CCC1)C(=O)N[C@H](CCCCN)C(=O)N1CC2(CCN(S(=O)(=O)N(C)C)C2)C1. The molecule has 1 aliphatic carbocycles. The van der Waals surface area contributed by atoms with E-state index in [-0.39, 0.29) is 23.7 Å². The number of likely N-dealkylation sites (tertiary alicyclic amines) is 1. The van der Waals surface area contributed by atoms with Gasteiger partial charge in [0.15, 0.2) is 6.17 Å². The van der Waals surface area contributed by atoms with Crippen LogP contribution in [0.3, 0.4) is 0 Å². The highest BCUT2D eigenvalue weighted by Gasteiger charge is 2.52. The lowest BCUT2D eigenvalue weighted by Crippen LogP contribution is -3.21. The summed E-state index contributed by atoms with van der Waals surface area (Å²) >= 11 is 0. The molecule has 0 bridgehead atoms. The molecule has 8 N–H and O–H groups in total. The zero-order valence-electron chi connectivity index (χ0n) is 31.8. The van der Waals surface area contributed by atoms with Crippen LogP contribution in [0.2, 0.25) is 0 Å². The third kappa shape index (κ3) is 11.9. The van der Waals surface area contributed by atoms with E-state index in [1.54, 1.807) is 4.90 Å². The second kappa shape index (κ2) is 19.4. The number of nitrogens with two attached hydrogens (primary N) is 2. The summed E-state index contributed by atoms with van der Waals surface area (Å²) in [6, 6.07) is 6.64. The van der Waals surface area contributed by atoms with E-state index >= 15 is 0 Å². The molecule has 2 heterocycles. The first-order valence-electron chi connectivity index (χ1n) is 18.9. The van der Waals surface area contributed by atoms with Gasteiger partial charge in [0.25, 0.3) is 10.2 Å². The monoisotopic (exact) mass is 759 g/mol. The van der Waals surface area contributed by atoms with Gasteiger partial charge in [-0.05, 0) is 69.4 Å². The van der Waals surface area contributed by atoms with Gasteiger partial charge in [-0.3, -0.25) is 19.6 Å². The van der Waals surface area contributed by atoms with Crippen molar-refractivity contribution >= 4 is 27.9 Å². The zero-order valence-corrected chi connectivity index (χ0v) is 32.6. The van der Waals surface area contributed by atoms with E-state index in [4.69, 9.17) is 11.5 Å². The van der Waals surface area contributed by atoms with E-state index in [1.807, 2.05) is 56.3 Å². The van der Waals surface area contributed by atoms with Crippen molar-refractivity contribution in [2.24, 2.45) is 22.8 Å². The lowest BCUT2D eigenvalue weighted by Gasteiger charge is -2.49. The number of benzene rings is 1. The van der Waals surface area contributed by atoms with Crippen molar-refractivity contribution in [2.45, 2.75) is 95.9 Å². The van der Waals surface area contributed by atoms with Gasteiger partial charge in [-0.15, -0.1) is 0 Å². The van der Waals surface area contributed by atoms with E-state index in [0.717, 1.165) is 24.0 Å². The lowest BCUT2D eigenvalue weighted by molar-refractivity contribution is -0.926. The Hall–Kier alpha value is -3.22. The number of allylic oxidation sites excluding steroid dienone is 3. The van der Waals surface area contributed by atoms with Crippen molar-refractivity contribution in [2.75, 3.05) is 46.8 Å². The first-order chi connectivity index (χ1) is 25.1. The molecule has 2 aliphatic heterocycles. The fourth-order valence-corrected chi connectivity index (χ4v) is 8.47. The Morgan fingerprint density at radius 3 is 2.36 bits per heavy atom. The Balaban J connectivity index is 1.45. The molecule has 5 atom stereocenters. The molecule has 3 aliphatic rings. The quantitative estimate of drug-likeness (QED) is 0.0596. The highest BCUT2D eigenvalue weighted by molar-refractivity contribution is 7.86. The van der Waals surface area contributed by atoms with Crippen LogP contribution in [-0.4, -0.2) is 111 Å². The molecule has 2 fully saturated rings. The van der Waals surface area contributed by atoms with Gasteiger partial charge >= 0.3 is 0 Å². The van der Waals surface area contributed by atoms with Crippen LogP contribution < -0.4 is 32.7 Å². The predicted octanol–water partition coefficient (Wildman–Crippen LogP) is -0.0783. The van der Waals surface area contributed by atoms with E-state index in [9.17, 15) is 28.0 Å². The molecule has 3 amide bonds. The van der Waals surface area contributed by atoms with Crippen LogP contribution in [0.25, 0.3) is 0 Å². The normalized spacial score (nSPS) is 20.1. The molecule has 0 aromatic heterocycles. The van der Waals surface area contributed by atoms with Crippen LogP contribution in [0.1, 0.15) is 70.8 Å². The van der Waals surface area contributed by atoms with Crippen molar-refractivity contribution in [3.8, 4) is 0 Å². The summed E-state index contributed by atoms with van der Waals surface area (Å²) in [4.78, 5) is 42.9. The average molecular weight is 760 g/mol. The Bertz CT molecular complexity index is 1550. The minimum atomic E-state index is -3.55. The van der Waals surface area contributed by atoms with Crippen LogP contribution in [0.15, 0.2) is 54.1 Å². The van der Waals surface area contributed by atoms with E-state index in [0.29, 0.717) is 71.2 Å². The zero-order chi connectivity index (χ0) is 38.8. The first kappa shape index (κ1) is 42.5. The molecule has 1 aromatic rings. The van der Waals surface area contributed by atoms with Crippen LogP contribution >= 0.6 is 0 Å². The van der Waals surface area contributed by atoms with Crippen LogP contribution in [-0.2, 0) is 31.0 Å². The van der Waals surface area contributed by atoms with Crippen molar-refractivity contribution in [3.05, 3.63) is 64.9 Å². The van der Waals surface area contributed by atoms with Gasteiger partial charge in [0, 0.05) is 52.1 Å². The van der Waals surface area contributed by atoms with Crippen molar-refractivity contribution < 1.29 is 28.0 Å². The van der Waals surface area contributed by atoms with Crippen molar-refractivity contribution in [1.82, 2.24) is 29.6 Å². The molecule has 1 aromatic carbocycles. The molecule has 296 valence electrons. The molecule has 15 nitrogen and oxygen atoms in total. The topological polar surface area (TPSA) is 211 Å². The Morgan fingerprint density at radius 2 is 1.74 bits per heavy atom. The van der Waals surface area contributed by atoms with Gasteiger partial charge in [0.1, 0.15) is 12.1 Å². The predicted molar refractivity (Wildman–Crippen MR) is 204 cm³/mol. The maximum absolute atomic E-state index is 14.0. The van der Waals surface area contributed by atoms with Crippen LogP contribution in [0.5, 0.6) is 0 Å². The molecule has 4 rings (SSSR count). The number of amides is 3. The molecular formula is C37H61N9O6S. The number of hydrogen-bond acceptors (Lipinski definition) is 9. The second-order valence-corrected chi connectivity index (χ2v) is 17.6. The lowest BCUT2D eigenvalue weighted by atomic mass is 9.78.